The Morgan fingerprint density at radius 1 is 1.26 bits per heavy atom. The maximum absolute atomic E-state index is 11.0. The number of nitriles is 1. The highest BCUT2D eigenvalue weighted by Gasteiger charge is 2.37. The summed E-state index contributed by atoms with van der Waals surface area (Å²) >= 11 is 0. The fourth-order valence-electron chi connectivity index (χ4n) is 3.31. The van der Waals surface area contributed by atoms with E-state index in [-0.39, 0.29) is 5.92 Å². The Morgan fingerprint density at radius 3 is 2.57 bits per heavy atom. The van der Waals surface area contributed by atoms with Crippen molar-refractivity contribution in [3.8, 4) is 17.6 Å². The van der Waals surface area contributed by atoms with E-state index < -0.39 is 5.41 Å². The van der Waals surface area contributed by atoms with Gasteiger partial charge in [0.1, 0.15) is 6.29 Å². The molecule has 1 aromatic rings. The largest absolute Gasteiger partial charge is 0.493 e. The van der Waals surface area contributed by atoms with E-state index in [1.807, 2.05) is 18.2 Å². The lowest BCUT2D eigenvalue weighted by Crippen LogP contribution is -2.30. The minimum absolute atomic E-state index is 0.0975. The topological polar surface area (TPSA) is 59.3 Å². The molecule has 0 radical (unpaired) electrons. The van der Waals surface area contributed by atoms with E-state index in [1.165, 1.54) is 12.8 Å². The number of nitrogens with zero attached hydrogens (tertiary/aromatic N) is 1. The SMILES string of the molecule is COc1ccc([C@]2(C#N)CC[C@H](C=O)CC2)cc1OCC1CC1. The predicted octanol–water partition coefficient (Wildman–Crippen LogP) is 3.63. The van der Waals surface area contributed by atoms with E-state index in [2.05, 4.69) is 6.07 Å². The van der Waals surface area contributed by atoms with Crippen LogP contribution in [-0.2, 0) is 10.2 Å². The molecule has 23 heavy (non-hydrogen) atoms. The zero-order valence-electron chi connectivity index (χ0n) is 13.6. The average molecular weight is 313 g/mol. The summed E-state index contributed by atoms with van der Waals surface area (Å²) in [4.78, 5) is 11.0. The number of rotatable bonds is 6. The van der Waals surface area contributed by atoms with Crippen LogP contribution in [-0.4, -0.2) is 20.0 Å². The minimum atomic E-state index is -0.510. The van der Waals surface area contributed by atoms with Gasteiger partial charge in [-0.05, 0) is 62.1 Å². The molecule has 0 amide bonds. The van der Waals surface area contributed by atoms with Crippen molar-refractivity contribution in [3.05, 3.63) is 23.8 Å². The predicted molar refractivity (Wildman–Crippen MR) is 86.5 cm³/mol. The number of carbonyl (C=O) groups excluding carboxylic acids is 1. The summed E-state index contributed by atoms with van der Waals surface area (Å²) in [7, 11) is 1.63. The van der Waals surface area contributed by atoms with Crippen molar-refractivity contribution in [3.63, 3.8) is 0 Å². The standard InChI is InChI=1S/C19H23NO3/c1-22-17-5-4-16(10-18(17)23-12-15-2-3-15)19(13-20)8-6-14(11-21)7-9-19/h4-5,10-11,14-15H,2-3,6-9,12H2,1H3/t14-,19+. The first-order valence-electron chi connectivity index (χ1n) is 8.38. The second-order valence-electron chi connectivity index (χ2n) is 6.79. The summed E-state index contributed by atoms with van der Waals surface area (Å²) < 4.78 is 11.3. The van der Waals surface area contributed by atoms with Gasteiger partial charge in [0.05, 0.1) is 25.2 Å². The van der Waals surface area contributed by atoms with Crippen LogP contribution in [0.1, 0.15) is 44.1 Å². The van der Waals surface area contributed by atoms with Crippen molar-refractivity contribution in [2.45, 2.75) is 43.9 Å². The van der Waals surface area contributed by atoms with Crippen LogP contribution in [0.4, 0.5) is 0 Å². The molecule has 0 saturated heterocycles. The molecule has 0 bridgehead atoms. The molecule has 0 spiro atoms. The molecule has 2 fully saturated rings. The molecule has 4 heteroatoms. The molecule has 4 nitrogen and oxygen atoms in total. The van der Waals surface area contributed by atoms with Crippen LogP contribution in [0.2, 0.25) is 0 Å². The van der Waals surface area contributed by atoms with Gasteiger partial charge in [-0.2, -0.15) is 5.26 Å². The summed E-state index contributed by atoms with van der Waals surface area (Å²) in [6.45, 7) is 0.715. The van der Waals surface area contributed by atoms with Crippen LogP contribution in [0.25, 0.3) is 0 Å². The molecule has 2 saturated carbocycles. The summed E-state index contributed by atoms with van der Waals surface area (Å²) in [6.07, 6.45) is 6.50. The van der Waals surface area contributed by atoms with Crippen LogP contribution >= 0.6 is 0 Å². The summed E-state index contributed by atoms with van der Waals surface area (Å²) in [5.41, 5.74) is 0.472. The third kappa shape index (κ3) is 3.34. The van der Waals surface area contributed by atoms with Crippen LogP contribution in [0.5, 0.6) is 11.5 Å². The summed E-state index contributed by atoms with van der Waals surface area (Å²) in [6, 6.07) is 8.33. The molecule has 0 atom stereocenters. The summed E-state index contributed by atoms with van der Waals surface area (Å²) in [5, 5.41) is 9.79. The molecule has 1 aromatic carbocycles. The van der Waals surface area contributed by atoms with Crippen molar-refractivity contribution in [2.75, 3.05) is 13.7 Å². The first-order chi connectivity index (χ1) is 11.2. The van der Waals surface area contributed by atoms with Crippen molar-refractivity contribution in [1.29, 1.82) is 5.26 Å². The number of aldehydes is 1. The van der Waals surface area contributed by atoms with Gasteiger partial charge >= 0.3 is 0 Å². The van der Waals surface area contributed by atoms with Crippen molar-refractivity contribution >= 4 is 6.29 Å². The number of hydrogen-bond acceptors (Lipinski definition) is 4. The van der Waals surface area contributed by atoms with Gasteiger partial charge in [0.15, 0.2) is 11.5 Å². The summed E-state index contributed by atoms with van der Waals surface area (Å²) in [5.74, 6) is 2.20. The molecule has 122 valence electrons. The number of methoxy groups -OCH3 is 1. The molecular weight excluding hydrogens is 290 g/mol. The second kappa shape index (κ2) is 6.62. The Bertz CT molecular complexity index is 608. The van der Waals surface area contributed by atoms with Gasteiger partial charge in [-0.1, -0.05) is 6.07 Å². The lowest BCUT2D eigenvalue weighted by molar-refractivity contribution is -0.112. The highest BCUT2D eigenvalue weighted by Crippen LogP contribution is 2.43. The number of benzene rings is 1. The second-order valence-corrected chi connectivity index (χ2v) is 6.79. The third-order valence-electron chi connectivity index (χ3n) is 5.18. The van der Waals surface area contributed by atoms with E-state index in [9.17, 15) is 10.1 Å². The van der Waals surface area contributed by atoms with Gasteiger partial charge in [-0.3, -0.25) is 0 Å². The van der Waals surface area contributed by atoms with E-state index in [1.54, 1.807) is 7.11 Å². The first kappa shape index (κ1) is 15.9. The van der Waals surface area contributed by atoms with Gasteiger partial charge in [0.2, 0.25) is 0 Å². The quantitative estimate of drug-likeness (QED) is 0.752. The van der Waals surface area contributed by atoms with Crippen molar-refractivity contribution < 1.29 is 14.3 Å². The molecule has 0 unspecified atom stereocenters. The first-order valence-corrected chi connectivity index (χ1v) is 8.38. The Balaban J connectivity index is 1.83. The monoisotopic (exact) mass is 313 g/mol. The number of hydrogen-bond donors (Lipinski definition) is 0. The lowest BCUT2D eigenvalue weighted by Gasteiger charge is -2.33. The zero-order valence-corrected chi connectivity index (χ0v) is 13.6. The van der Waals surface area contributed by atoms with E-state index in [0.717, 1.165) is 43.3 Å². The Morgan fingerprint density at radius 2 is 2.00 bits per heavy atom. The highest BCUT2D eigenvalue weighted by molar-refractivity contribution is 5.54. The molecular formula is C19H23NO3. The highest BCUT2D eigenvalue weighted by atomic mass is 16.5. The van der Waals surface area contributed by atoms with Crippen molar-refractivity contribution in [2.24, 2.45) is 11.8 Å². The van der Waals surface area contributed by atoms with Crippen LogP contribution in [0.15, 0.2) is 18.2 Å². The molecule has 2 aliphatic rings. The van der Waals surface area contributed by atoms with E-state index >= 15 is 0 Å². The van der Waals surface area contributed by atoms with Crippen LogP contribution < -0.4 is 9.47 Å². The average Bonchev–Trinajstić information content (AvgIpc) is 3.44. The van der Waals surface area contributed by atoms with Gasteiger partial charge in [-0.25, -0.2) is 0 Å². The zero-order chi connectivity index (χ0) is 16.3. The van der Waals surface area contributed by atoms with Crippen LogP contribution in [0, 0.1) is 23.2 Å². The van der Waals surface area contributed by atoms with Crippen LogP contribution in [0.3, 0.4) is 0 Å². The lowest BCUT2D eigenvalue weighted by atomic mass is 9.68. The minimum Gasteiger partial charge on any atom is -0.493 e. The van der Waals surface area contributed by atoms with Gasteiger partial charge in [-0.15, -0.1) is 0 Å². The van der Waals surface area contributed by atoms with Gasteiger partial charge in [0, 0.05) is 5.92 Å². The molecule has 2 aliphatic carbocycles. The maximum atomic E-state index is 11.0. The van der Waals surface area contributed by atoms with Gasteiger partial charge < -0.3 is 14.3 Å². The normalized spacial score (nSPS) is 27.0. The molecule has 0 aromatic heterocycles. The van der Waals surface area contributed by atoms with Gasteiger partial charge in [0.25, 0.3) is 0 Å². The van der Waals surface area contributed by atoms with Crippen molar-refractivity contribution in [1.82, 2.24) is 0 Å². The fraction of sp³-hybridized carbons (Fsp3) is 0.579. The fourth-order valence-corrected chi connectivity index (χ4v) is 3.31. The molecule has 3 rings (SSSR count). The Labute approximate surface area is 137 Å². The number of ether oxygens (including phenoxy) is 2. The molecule has 0 heterocycles. The molecule has 0 aliphatic heterocycles. The van der Waals surface area contributed by atoms with E-state index in [0.29, 0.717) is 18.3 Å². The molecule has 0 N–H and O–H groups in total. The van der Waals surface area contributed by atoms with E-state index in [4.69, 9.17) is 9.47 Å². The smallest absolute Gasteiger partial charge is 0.161 e. The Hall–Kier alpha value is -2.02. The Kier molecular flexibility index (Phi) is 4.56. The number of carbonyl (C=O) groups is 1. The third-order valence-corrected chi connectivity index (χ3v) is 5.18. The maximum Gasteiger partial charge on any atom is 0.161 e.